The summed E-state index contributed by atoms with van der Waals surface area (Å²) in [5.41, 5.74) is 0.167. The van der Waals surface area contributed by atoms with Gasteiger partial charge in [-0.15, -0.1) is 0 Å². The summed E-state index contributed by atoms with van der Waals surface area (Å²) in [6.07, 6.45) is 5.49. The Balaban J connectivity index is 2.02. The molecule has 3 heteroatoms. The van der Waals surface area contributed by atoms with Gasteiger partial charge in [0.2, 0.25) is 0 Å². The highest BCUT2D eigenvalue weighted by molar-refractivity contribution is 6.30. The summed E-state index contributed by atoms with van der Waals surface area (Å²) < 4.78 is 13.4. The largest absolute Gasteiger partial charge is 0.390 e. The Morgan fingerprint density at radius 1 is 1.39 bits per heavy atom. The number of hydrogen-bond acceptors (Lipinski definition) is 1. The summed E-state index contributed by atoms with van der Waals surface area (Å²) in [5, 5.41) is 10.7. The molecule has 0 unspecified atom stereocenters. The van der Waals surface area contributed by atoms with Crippen molar-refractivity contribution >= 4 is 11.6 Å². The molecule has 0 aromatic heterocycles. The molecule has 0 atom stereocenters. The lowest BCUT2D eigenvalue weighted by atomic mass is 9.75. The van der Waals surface area contributed by atoms with Crippen molar-refractivity contribution in [2.45, 2.75) is 51.0 Å². The quantitative estimate of drug-likeness (QED) is 0.866. The molecule has 0 amide bonds. The SMILES string of the molecule is CCC1CCC(O)(Cc2ccc(Cl)c(F)c2)CC1. The van der Waals surface area contributed by atoms with Crippen LogP contribution in [-0.4, -0.2) is 10.7 Å². The van der Waals surface area contributed by atoms with Crippen molar-refractivity contribution in [3.8, 4) is 0 Å². The predicted octanol–water partition coefficient (Wildman–Crippen LogP) is 4.35. The molecular weight excluding hydrogens is 251 g/mol. The van der Waals surface area contributed by atoms with Crippen LogP contribution in [0.2, 0.25) is 5.02 Å². The second-order valence-electron chi connectivity index (χ2n) is 5.50. The number of halogens is 2. The molecule has 0 radical (unpaired) electrons. The standard InChI is InChI=1S/C15H20ClFO/c1-2-11-5-7-15(18,8-6-11)10-12-3-4-13(16)14(17)9-12/h3-4,9,11,18H,2,5-8,10H2,1H3. The van der Waals surface area contributed by atoms with Gasteiger partial charge in [0.05, 0.1) is 10.6 Å². The van der Waals surface area contributed by atoms with Gasteiger partial charge in [0.15, 0.2) is 0 Å². The Kier molecular flexibility index (Phi) is 4.29. The molecule has 0 heterocycles. The zero-order valence-corrected chi connectivity index (χ0v) is 11.5. The number of rotatable bonds is 3. The van der Waals surface area contributed by atoms with Gasteiger partial charge in [0.1, 0.15) is 5.82 Å². The van der Waals surface area contributed by atoms with E-state index in [1.54, 1.807) is 12.1 Å². The van der Waals surface area contributed by atoms with Crippen LogP contribution < -0.4 is 0 Å². The van der Waals surface area contributed by atoms with Gasteiger partial charge in [-0.3, -0.25) is 0 Å². The molecule has 0 aliphatic heterocycles. The number of benzene rings is 1. The maximum atomic E-state index is 13.4. The molecule has 1 aliphatic carbocycles. The van der Waals surface area contributed by atoms with Gasteiger partial charge in [-0.2, -0.15) is 0 Å². The van der Waals surface area contributed by atoms with E-state index in [4.69, 9.17) is 11.6 Å². The van der Waals surface area contributed by atoms with E-state index in [9.17, 15) is 9.50 Å². The first-order valence-corrected chi connectivity index (χ1v) is 7.06. The van der Waals surface area contributed by atoms with Gasteiger partial charge in [-0.25, -0.2) is 4.39 Å². The van der Waals surface area contributed by atoms with Crippen LogP contribution >= 0.6 is 11.6 Å². The van der Waals surface area contributed by atoms with E-state index in [0.29, 0.717) is 6.42 Å². The third-order valence-corrected chi connectivity index (χ3v) is 4.44. The van der Waals surface area contributed by atoms with Crippen LogP contribution in [0.4, 0.5) is 4.39 Å². The van der Waals surface area contributed by atoms with E-state index in [-0.39, 0.29) is 5.02 Å². The lowest BCUT2D eigenvalue weighted by molar-refractivity contribution is -0.00925. The van der Waals surface area contributed by atoms with Crippen LogP contribution in [0, 0.1) is 11.7 Å². The Morgan fingerprint density at radius 3 is 2.61 bits per heavy atom. The Hall–Kier alpha value is -0.600. The fourth-order valence-corrected chi connectivity index (χ4v) is 2.95. The third-order valence-electron chi connectivity index (χ3n) is 4.13. The molecule has 1 N–H and O–H groups in total. The Bertz CT molecular complexity index is 411. The van der Waals surface area contributed by atoms with Crippen molar-refractivity contribution in [3.05, 3.63) is 34.6 Å². The molecule has 1 aromatic rings. The zero-order valence-electron chi connectivity index (χ0n) is 10.8. The van der Waals surface area contributed by atoms with E-state index >= 15 is 0 Å². The van der Waals surface area contributed by atoms with Crippen molar-refractivity contribution in [2.24, 2.45) is 5.92 Å². The van der Waals surface area contributed by atoms with E-state index in [0.717, 1.165) is 37.2 Å². The zero-order chi connectivity index (χ0) is 13.2. The number of aliphatic hydroxyl groups is 1. The summed E-state index contributed by atoms with van der Waals surface area (Å²) in [6, 6.07) is 4.80. The molecule has 1 saturated carbocycles. The van der Waals surface area contributed by atoms with E-state index in [1.165, 1.54) is 12.5 Å². The second kappa shape index (κ2) is 5.58. The average Bonchev–Trinajstić information content (AvgIpc) is 2.35. The fourth-order valence-electron chi connectivity index (χ4n) is 2.83. The molecule has 1 aromatic carbocycles. The molecular formula is C15H20ClFO. The van der Waals surface area contributed by atoms with Crippen LogP contribution in [0.15, 0.2) is 18.2 Å². The molecule has 0 bridgehead atoms. The molecule has 1 nitrogen and oxygen atoms in total. The first-order valence-electron chi connectivity index (χ1n) is 6.69. The van der Waals surface area contributed by atoms with Crippen LogP contribution in [0.3, 0.4) is 0 Å². The molecule has 1 aliphatic rings. The van der Waals surface area contributed by atoms with Gasteiger partial charge in [-0.1, -0.05) is 31.0 Å². The maximum Gasteiger partial charge on any atom is 0.142 e. The van der Waals surface area contributed by atoms with E-state index in [2.05, 4.69) is 6.92 Å². The minimum atomic E-state index is -0.661. The lowest BCUT2D eigenvalue weighted by Gasteiger charge is -2.36. The van der Waals surface area contributed by atoms with Crippen LogP contribution in [0.1, 0.15) is 44.6 Å². The maximum absolute atomic E-state index is 13.4. The van der Waals surface area contributed by atoms with Crippen molar-refractivity contribution in [3.63, 3.8) is 0 Å². The van der Waals surface area contributed by atoms with Crippen molar-refractivity contribution in [1.29, 1.82) is 0 Å². The summed E-state index contributed by atoms with van der Waals surface area (Å²) in [6.45, 7) is 2.20. The van der Waals surface area contributed by atoms with Gasteiger partial charge < -0.3 is 5.11 Å². The van der Waals surface area contributed by atoms with Crippen molar-refractivity contribution in [2.75, 3.05) is 0 Å². The fraction of sp³-hybridized carbons (Fsp3) is 0.600. The lowest BCUT2D eigenvalue weighted by Crippen LogP contribution is -2.36. The van der Waals surface area contributed by atoms with Crippen LogP contribution in [-0.2, 0) is 6.42 Å². The molecule has 100 valence electrons. The molecule has 18 heavy (non-hydrogen) atoms. The monoisotopic (exact) mass is 270 g/mol. The predicted molar refractivity (Wildman–Crippen MR) is 72.3 cm³/mol. The molecule has 1 fully saturated rings. The highest BCUT2D eigenvalue weighted by Gasteiger charge is 2.32. The molecule has 0 spiro atoms. The van der Waals surface area contributed by atoms with Gasteiger partial charge in [0.25, 0.3) is 0 Å². The smallest absolute Gasteiger partial charge is 0.142 e. The average molecular weight is 271 g/mol. The summed E-state index contributed by atoms with van der Waals surface area (Å²) in [7, 11) is 0. The third kappa shape index (κ3) is 3.24. The highest BCUT2D eigenvalue weighted by atomic mass is 35.5. The topological polar surface area (TPSA) is 20.2 Å². The minimum Gasteiger partial charge on any atom is -0.390 e. The Morgan fingerprint density at radius 2 is 2.06 bits per heavy atom. The second-order valence-corrected chi connectivity index (χ2v) is 5.91. The van der Waals surface area contributed by atoms with Crippen LogP contribution in [0.25, 0.3) is 0 Å². The van der Waals surface area contributed by atoms with Crippen LogP contribution in [0.5, 0.6) is 0 Å². The summed E-state index contributed by atoms with van der Waals surface area (Å²) in [5.74, 6) is 0.340. The van der Waals surface area contributed by atoms with Gasteiger partial charge in [0, 0.05) is 6.42 Å². The van der Waals surface area contributed by atoms with E-state index in [1.807, 2.05) is 0 Å². The van der Waals surface area contributed by atoms with Gasteiger partial charge in [-0.05, 0) is 49.3 Å². The molecule has 2 rings (SSSR count). The molecule has 0 saturated heterocycles. The minimum absolute atomic E-state index is 0.139. The van der Waals surface area contributed by atoms with Gasteiger partial charge >= 0.3 is 0 Å². The summed E-state index contributed by atoms with van der Waals surface area (Å²) in [4.78, 5) is 0. The highest BCUT2D eigenvalue weighted by Crippen LogP contribution is 2.36. The first kappa shape index (κ1) is 13.8. The number of hydrogen-bond donors (Lipinski definition) is 1. The Labute approximate surface area is 113 Å². The first-order chi connectivity index (χ1) is 8.52. The van der Waals surface area contributed by atoms with Crippen molar-refractivity contribution < 1.29 is 9.50 Å². The van der Waals surface area contributed by atoms with Crippen molar-refractivity contribution in [1.82, 2.24) is 0 Å². The summed E-state index contributed by atoms with van der Waals surface area (Å²) >= 11 is 5.66. The normalized spacial score (nSPS) is 28.3. The van der Waals surface area contributed by atoms with E-state index < -0.39 is 11.4 Å².